The second kappa shape index (κ2) is 4.39. The average Bonchev–Trinajstić information content (AvgIpc) is 1.30. The van der Waals surface area contributed by atoms with Gasteiger partial charge in [0.1, 0.15) is 10.1 Å². The Morgan fingerprint density at radius 1 is 1.62 bits per heavy atom. The quantitative estimate of drug-likeness (QED) is 0.254. The van der Waals surface area contributed by atoms with Crippen molar-refractivity contribution >= 4 is 10.1 Å². The summed E-state index contributed by atoms with van der Waals surface area (Å²) in [5.74, 6) is 0.840. The Morgan fingerprint density at radius 3 is 2.00 bits per heavy atom. The van der Waals surface area contributed by atoms with Crippen LogP contribution in [0.4, 0.5) is 0 Å². The van der Waals surface area contributed by atoms with Crippen LogP contribution in [0.2, 0.25) is 0 Å². The molecule has 0 aliphatic rings. The summed E-state index contributed by atoms with van der Waals surface area (Å²) < 4.78 is 27.4. The van der Waals surface area contributed by atoms with Crippen LogP contribution in [0, 0.1) is 5.75 Å². The van der Waals surface area contributed by atoms with Crippen LogP contribution in [0.25, 0.3) is 0 Å². The summed E-state index contributed by atoms with van der Waals surface area (Å²) in [7, 11) is -3.80. The molecule has 8 heavy (non-hydrogen) atoms. The topological polar surface area (TPSA) is 54.4 Å². The van der Waals surface area contributed by atoms with E-state index in [-0.39, 0.29) is 18.9 Å². The first-order valence-electron chi connectivity index (χ1n) is 1.87. The van der Waals surface area contributed by atoms with Crippen molar-refractivity contribution in [2.24, 2.45) is 0 Å². The van der Waals surface area contributed by atoms with E-state index in [2.05, 4.69) is 0 Å². The first-order chi connectivity index (χ1) is 3.06. The third kappa shape index (κ3) is 9.72. The van der Waals surface area contributed by atoms with E-state index in [4.69, 9.17) is 4.55 Å². The van der Waals surface area contributed by atoms with Gasteiger partial charge in [-0.3, -0.25) is 0 Å². The van der Waals surface area contributed by atoms with E-state index in [1.54, 1.807) is 6.92 Å². The van der Waals surface area contributed by atoms with Gasteiger partial charge in [-0.2, -0.15) is 12.2 Å². The third-order valence-corrected chi connectivity index (χ3v) is 1.13. The second-order valence-corrected chi connectivity index (χ2v) is 2.45. The van der Waals surface area contributed by atoms with Crippen LogP contribution in [-0.4, -0.2) is 13.0 Å². The maximum atomic E-state index is 9.73. The Balaban J connectivity index is 0. The van der Waals surface area contributed by atoms with Crippen molar-refractivity contribution in [3.05, 3.63) is 5.75 Å². The van der Waals surface area contributed by atoms with Crippen LogP contribution in [0.5, 0.6) is 0 Å². The zero-order chi connectivity index (χ0) is 5.91. The Hall–Kier alpha value is 0.507. The van der Waals surface area contributed by atoms with Gasteiger partial charge in [0.25, 0.3) is 0 Å². The summed E-state index contributed by atoms with van der Waals surface area (Å²) in [6.07, 6.45) is 0.346. The minimum atomic E-state index is -3.80. The number of hydrogen-bond acceptors (Lipinski definition) is 2. The fraction of sp³-hybridized carbons (Fsp3) is 0.667. The molecule has 0 unspecified atom stereocenters. The zero-order valence-electron chi connectivity index (χ0n) is 4.96. The van der Waals surface area contributed by atoms with Crippen molar-refractivity contribution in [2.45, 2.75) is 13.3 Å². The molecule has 0 saturated heterocycles. The summed E-state index contributed by atoms with van der Waals surface area (Å²) >= 11 is 0. The van der Waals surface area contributed by atoms with E-state index < -0.39 is 10.1 Å². The van der Waals surface area contributed by atoms with Crippen molar-refractivity contribution in [3.63, 3.8) is 0 Å². The van der Waals surface area contributed by atoms with Crippen LogP contribution in [0.3, 0.4) is 0 Å². The van der Waals surface area contributed by atoms with Gasteiger partial charge in [0.15, 0.2) is 0 Å². The molecular formula is C3H7LiO3S. The van der Waals surface area contributed by atoms with E-state index in [1.165, 1.54) is 0 Å². The molecule has 0 aliphatic carbocycles. The summed E-state index contributed by atoms with van der Waals surface area (Å²) in [5, 5.41) is 0. The minimum Gasteiger partial charge on any atom is -0.309 e. The normalized spacial score (nSPS) is 10.2. The predicted octanol–water partition coefficient (Wildman–Crippen LogP) is -2.55. The van der Waals surface area contributed by atoms with Crippen molar-refractivity contribution in [2.75, 3.05) is 0 Å². The van der Waals surface area contributed by atoms with E-state index in [1.807, 2.05) is 0 Å². The SMILES string of the molecule is CC[CH-]S(=O)(=O)O.[Li+]. The molecule has 0 spiro atoms. The van der Waals surface area contributed by atoms with Crippen molar-refractivity contribution in [1.82, 2.24) is 0 Å². The monoisotopic (exact) mass is 130 g/mol. The minimum absolute atomic E-state index is 0. The molecule has 0 aromatic carbocycles. The molecule has 0 saturated carbocycles. The molecule has 5 heteroatoms. The molecule has 1 N–H and O–H groups in total. The van der Waals surface area contributed by atoms with Gasteiger partial charge in [0.05, 0.1) is 0 Å². The molecule has 0 heterocycles. The third-order valence-electron chi connectivity index (χ3n) is 0.377. The van der Waals surface area contributed by atoms with E-state index in [0.29, 0.717) is 6.42 Å². The van der Waals surface area contributed by atoms with Gasteiger partial charge in [0, 0.05) is 0 Å². The average molecular weight is 130 g/mol. The molecule has 0 bridgehead atoms. The first kappa shape index (κ1) is 11.3. The van der Waals surface area contributed by atoms with Gasteiger partial charge in [0.2, 0.25) is 0 Å². The Labute approximate surface area is 61.4 Å². The maximum absolute atomic E-state index is 9.73. The van der Waals surface area contributed by atoms with Gasteiger partial charge in [-0.25, -0.2) is 8.42 Å². The standard InChI is InChI=1S/C3H7O3S.Li/c1-2-3-7(4,5)6;/h3H,2H2,1H3,(H,4,5,6);/q-1;+1. The van der Waals surface area contributed by atoms with E-state index >= 15 is 0 Å². The van der Waals surface area contributed by atoms with Crippen molar-refractivity contribution < 1.29 is 31.8 Å². The molecular weight excluding hydrogens is 123 g/mol. The maximum Gasteiger partial charge on any atom is 1.00 e. The Kier molecular flexibility index (Phi) is 6.22. The van der Waals surface area contributed by atoms with E-state index in [9.17, 15) is 8.42 Å². The van der Waals surface area contributed by atoms with Crippen molar-refractivity contribution in [3.8, 4) is 0 Å². The fourth-order valence-corrected chi connectivity index (χ4v) is 0.632. The zero-order valence-corrected chi connectivity index (χ0v) is 5.77. The summed E-state index contributed by atoms with van der Waals surface area (Å²) in [6, 6.07) is 0. The molecule has 0 rings (SSSR count). The van der Waals surface area contributed by atoms with Gasteiger partial charge >= 0.3 is 18.9 Å². The number of rotatable bonds is 2. The molecule has 0 aromatic rings. The first-order valence-corrected chi connectivity index (χ1v) is 3.37. The van der Waals surface area contributed by atoms with Crippen LogP contribution < -0.4 is 18.9 Å². The van der Waals surface area contributed by atoms with Crippen LogP contribution >= 0.6 is 0 Å². The van der Waals surface area contributed by atoms with Crippen LogP contribution in [-0.2, 0) is 10.1 Å². The fourth-order valence-electron chi connectivity index (χ4n) is 0.211. The number of hydrogen-bond donors (Lipinski definition) is 1. The van der Waals surface area contributed by atoms with Gasteiger partial charge in [-0.15, -0.1) is 0 Å². The molecule has 3 nitrogen and oxygen atoms in total. The summed E-state index contributed by atoms with van der Waals surface area (Å²) in [6.45, 7) is 1.63. The molecule has 0 aromatic heterocycles. The summed E-state index contributed by atoms with van der Waals surface area (Å²) in [4.78, 5) is 0. The molecule has 0 fully saturated rings. The van der Waals surface area contributed by atoms with Crippen LogP contribution in [0.1, 0.15) is 13.3 Å². The molecule has 0 aliphatic heterocycles. The Morgan fingerprint density at radius 2 is 2.00 bits per heavy atom. The van der Waals surface area contributed by atoms with Gasteiger partial charge in [-0.05, 0) is 0 Å². The Bertz CT molecular complexity index is 127. The molecule has 0 amide bonds. The second-order valence-electron chi connectivity index (χ2n) is 1.09. The van der Waals surface area contributed by atoms with Crippen molar-refractivity contribution in [1.29, 1.82) is 0 Å². The molecule has 0 radical (unpaired) electrons. The molecule has 44 valence electrons. The summed E-state index contributed by atoms with van der Waals surface area (Å²) in [5.41, 5.74) is 0. The van der Waals surface area contributed by atoms with Crippen LogP contribution in [0.15, 0.2) is 0 Å². The van der Waals surface area contributed by atoms with Gasteiger partial charge < -0.3 is 4.55 Å². The van der Waals surface area contributed by atoms with Gasteiger partial charge in [-0.1, -0.05) is 6.92 Å². The largest absolute Gasteiger partial charge is 1.00 e. The van der Waals surface area contributed by atoms with E-state index in [0.717, 1.165) is 5.75 Å². The smallest absolute Gasteiger partial charge is 0.309 e. The predicted molar refractivity (Wildman–Crippen MR) is 26.1 cm³/mol. The molecule has 0 atom stereocenters.